The molecule has 194 valence electrons. The van der Waals surface area contributed by atoms with E-state index in [4.69, 9.17) is 22.9 Å². The van der Waals surface area contributed by atoms with Crippen LogP contribution in [0, 0.1) is 5.92 Å². The molecule has 4 atom stereocenters. The van der Waals surface area contributed by atoms with Crippen LogP contribution in [0.3, 0.4) is 0 Å². The summed E-state index contributed by atoms with van der Waals surface area (Å²) in [4.78, 5) is 63.6. The van der Waals surface area contributed by atoms with Crippen LogP contribution in [0.2, 0.25) is 0 Å². The number of aliphatic hydroxyl groups excluding tert-OH is 1. The van der Waals surface area contributed by atoms with Crippen molar-refractivity contribution in [3.63, 3.8) is 0 Å². The van der Waals surface area contributed by atoms with Crippen LogP contribution >= 0.6 is 0 Å². The Balaban J connectivity index is 5.25. The molecule has 0 saturated carbocycles. The molecular weight excluding hydrogens is 452 g/mol. The topological polar surface area (TPSA) is 278 Å². The fraction of sp³-hybridized carbons (Fsp3) is 0.684. The maximum atomic E-state index is 12.8. The number of nitrogens with two attached hydrogens (primary N) is 4. The van der Waals surface area contributed by atoms with Crippen LogP contribution in [0.1, 0.15) is 39.5 Å². The van der Waals surface area contributed by atoms with Gasteiger partial charge in [0.2, 0.25) is 23.6 Å². The van der Waals surface area contributed by atoms with Crippen molar-refractivity contribution in [1.82, 2.24) is 16.0 Å². The zero-order chi connectivity index (χ0) is 26.4. The number of amides is 4. The summed E-state index contributed by atoms with van der Waals surface area (Å²) in [7, 11) is 0. The predicted octanol–water partition coefficient (Wildman–Crippen LogP) is -4.18. The molecule has 15 nitrogen and oxygen atoms in total. The third-order valence-electron chi connectivity index (χ3n) is 4.47. The number of nitrogens with zero attached hydrogens (tertiary/aromatic N) is 1. The Morgan fingerprint density at radius 3 is 1.88 bits per heavy atom. The Labute approximate surface area is 197 Å². The number of carboxylic acid groups (broad SMARTS) is 1. The van der Waals surface area contributed by atoms with Crippen LogP contribution in [0.4, 0.5) is 0 Å². The summed E-state index contributed by atoms with van der Waals surface area (Å²) in [5, 5.41) is 25.9. The number of primary amides is 1. The molecule has 0 aromatic rings. The molecule has 15 heteroatoms. The van der Waals surface area contributed by atoms with Crippen LogP contribution < -0.4 is 38.9 Å². The van der Waals surface area contributed by atoms with Crippen molar-refractivity contribution in [3.8, 4) is 0 Å². The molecule has 4 unspecified atom stereocenters. The third-order valence-corrected chi connectivity index (χ3v) is 4.47. The lowest BCUT2D eigenvalue weighted by Gasteiger charge is -2.25. The second kappa shape index (κ2) is 15.4. The number of nitrogens with one attached hydrogen (secondary N) is 3. The monoisotopic (exact) mass is 488 g/mol. The van der Waals surface area contributed by atoms with Gasteiger partial charge in [0.05, 0.1) is 19.1 Å². The standard InChI is InChI=1S/C19H36N8O7/c1-9(2)6-12(16(31)25-11(18(33)34)4-3-5-24-19(22)23)26-17(32)13(8-28)27-15(30)10(20)7-14(21)29/h9-13,28H,3-8,20H2,1-2H3,(H2,21,29)(H,25,31)(H,26,32)(H,27,30)(H,33,34)(H4,22,23,24). The molecule has 0 fully saturated rings. The lowest BCUT2D eigenvalue weighted by Crippen LogP contribution is -2.58. The minimum absolute atomic E-state index is 0.0350. The van der Waals surface area contributed by atoms with E-state index in [1.165, 1.54) is 0 Å². The average molecular weight is 489 g/mol. The van der Waals surface area contributed by atoms with Gasteiger partial charge in [0.25, 0.3) is 0 Å². The average Bonchev–Trinajstić information content (AvgIpc) is 2.71. The molecular formula is C19H36N8O7. The van der Waals surface area contributed by atoms with Gasteiger partial charge in [-0.1, -0.05) is 13.8 Å². The molecule has 0 saturated heterocycles. The summed E-state index contributed by atoms with van der Waals surface area (Å²) >= 11 is 0. The molecule has 13 N–H and O–H groups in total. The molecule has 0 rings (SSSR count). The molecule has 0 aromatic heterocycles. The van der Waals surface area contributed by atoms with Crippen LogP contribution in [0.5, 0.6) is 0 Å². The Kier molecular flexibility index (Phi) is 13.8. The molecule has 0 aliphatic rings. The van der Waals surface area contributed by atoms with Gasteiger partial charge in [0.15, 0.2) is 5.96 Å². The maximum absolute atomic E-state index is 12.8. The van der Waals surface area contributed by atoms with Gasteiger partial charge < -0.3 is 49.1 Å². The normalized spacial score (nSPS) is 14.3. The van der Waals surface area contributed by atoms with E-state index < -0.39 is 66.8 Å². The number of hydrogen-bond donors (Lipinski definition) is 9. The maximum Gasteiger partial charge on any atom is 0.326 e. The zero-order valence-electron chi connectivity index (χ0n) is 19.3. The summed E-state index contributed by atoms with van der Waals surface area (Å²) < 4.78 is 0. The highest BCUT2D eigenvalue weighted by Gasteiger charge is 2.30. The highest BCUT2D eigenvalue weighted by molar-refractivity contribution is 5.95. The number of carbonyl (C=O) groups is 5. The minimum atomic E-state index is -1.47. The quantitative estimate of drug-likeness (QED) is 0.0573. The highest BCUT2D eigenvalue weighted by atomic mass is 16.4. The van der Waals surface area contributed by atoms with Gasteiger partial charge in [-0.2, -0.15) is 0 Å². The van der Waals surface area contributed by atoms with Gasteiger partial charge in [-0.05, 0) is 25.2 Å². The van der Waals surface area contributed by atoms with Crippen molar-refractivity contribution >= 4 is 35.6 Å². The van der Waals surface area contributed by atoms with Gasteiger partial charge in [-0.15, -0.1) is 0 Å². The zero-order valence-corrected chi connectivity index (χ0v) is 19.3. The fourth-order valence-corrected chi connectivity index (χ4v) is 2.79. The second-order valence-corrected chi connectivity index (χ2v) is 8.06. The molecule has 4 amide bonds. The van der Waals surface area contributed by atoms with Crippen LogP contribution in [-0.2, 0) is 24.0 Å². The van der Waals surface area contributed by atoms with Crippen molar-refractivity contribution in [3.05, 3.63) is 0 Å². The molecule has 0 aromatic carbocycles. The fourth-order valence-electron chi connectivity index (χ4n) is 2.79. The van der Waals surface area contributed by atoms with Gasteiger partial charge in [0.1, 0.15) is 18.1 Å². The third kappa shape index (κ3) is 12.5. The second-order valence-electron chi connectivity index (χ2n) is 8.06. The van der Waals surface area contributed by atoms with Crippen molar-refractivity contribution in [2.45, 2.75) is 63.7 Å². The number of aliphatic imine (C=N–C) groups is 1. The Hall–Kier alpha value is -3.46. The lowest BCUT2D eigenvalue weighted by molar-refractivity contribution is -0.142. The summed E-state index contributed by atoms with van der Waals surface area (Å²) in [6.45, 7) is 2.92. The first kappa shape index (κ1) is 30.5. The van der Waals surface area contributed by atoms with Gasteiger partial charge in [-0.25, -0.2) is 4.79 Å². The summed E-state index contributed by atoms with van der Waals surface area (Å²) in [6, 6.07) is -5.21. The van der Waals surface area contributed by atoms with Crippen molar-refractivity contribution < 1.29 is 34.2 Å². The van der Waals surface area contributed by atoms with E-state index in [-0.39, 0.29) is 37.7 Å². The van der Waals surface area contributed by atoms with E-state index >= 15 is 0 Å². The number of hydrogen-bond acceptors (Lipinski definition) is 8. The first-order chi connectivity index (χ1) is 15.8. The first-order valence-electron chi connectivity index (χ1n) is 10.6. The van der Waals surface area contributed by atoms with E-state index in [1.54, 1.807) is 13.8 Å². The number of carboxylic acids is 1. The first-order valence-corrected chi connectivity index (χ1v) is 10.6. The predicted molar refractivity (Wildman–Crippen MR) is 122 cm³/mol. The number of carbonyl (C=O) groups excluding carboxylic acids is 4. The van der Waals surface area contributed by atoms with E-state index in [1.807, 2.05) is 0 Å². The van der Waals surface area contributed by atoms with Gasteiger partial charge in [-0.3, -0.25) is 24.2 Å². The Bertz CT molecular complexity index is 755. The van der Waals surface area contributed by atoms with Crippen LogP contribution in [0.25, 0.3) is 0 Å². The number of rotatable bonds is 16. The Morgan fingerprint density at radius 1 is 0.882 bits per heavy atom. The highest BCUT2D eigenvalue weighted by Crippen LogP contribution is 2.07. The van der Waals surface area contributed by atoms with Crippen molar-refractivity contribution in [1.29, 1.82) is 0 Å². The molecule has 0 aliphatic heterocycles. The van der Waals surface area contributed by atoms with E-state index in [0.29, 0.717) is 0 Å². The summed E-state index contributed by atoms with van der Waals surface area (Å²) in [6.07, 6.45) is -0.0112. The van der Waals surface area contributed by atoms with Gasteiger partial charge in [0, 0.05) is 6.54 Å². The van der Waals surface area contributed by atoms with Gasteiger partial charge >= 0.3 is 5.97 Å². The van der Waals surface area contributed by atoms with E-state index in [0.717, 1.165) is 0 Å². The summed E-state index contributed by atoms with van der Waals surface area (Å²) in [5.74, 6) is -4.88. The number of aliphatic hydroxyl groups is 1. The van der Waals surface area contributed by atoms with Crippen LogP contribution in [0.15, 0.2) is 4.99 Å². The van der Waals surface area contributed by atoms with Crippen LogP contribution in [-0.4, -0.2) is 83.1 Å². The van der Waals surface area contributed by atoms with E-state index in [9.17, 15) is 34.2 Å². The molecule has 0 bridgehead atoms. The van der Waals surface area contributed by atoms with Crippen molar-refractivity contribution in [2.24, 2.45) is 33.8 Å². The van der Waals surface area contributed by atoms with E-state index in [2.05, 4.69) is 20.9 Å². The lowest BCUT2D eigenvalue weighted by atomic mass is 10.0. The molecule has 0 heterocycles. The molecule has 0 radical (unpaired) electrons. The number of guanidine groups is 1. The molecule has 34 heavy (non-hydrogen) atoms. The minimum Gasteiger partial charge on any atom is -0.480 e. The summed E-state index contributed by atoms with van der Waals surface area (Å²) in [5.41, 5.74) is 20.9. The number of aliphatic carboxylic acids is 1. The largest absolute Gasteiger partial charge is 0.480 e. The molecule has 0 spiro atoms. The van der Waals surface area contributed by atoms with Crippen molar-refractivity contribution in [2.75, 3.05) is 13.2 Å². The Morgan fingerprint density at radius 2 is 1.41 bits per heavy atom. The molecule has 0 aliphatic carbocycles. The SMILES string of the molecule is CC(C)CC(NC(=O)C(CO)NC(=O)C(N)CC(N)=O)C(=O)NC(CCCN=C(N)N)C(=O)O. The smallest absolute Gasteiger partial charge is 0.326 e.